The lowest BCUT2D eigenvalue weighted by Crippen LogP contribution is -2.16. The molecule has 0 bridgehead atoms. The highest BCUT2D eigenvalue weighted by Crippen LogP contribution is 2.49. The van der Waals surface area contributed by atoms with E-state index in [1.54, 1.807) is 11.3 Å². The molecule has 1 aliphatic rings. The summed E-state index contributed by atoms with van der Waals surface area (Å²) in [5.41, 5.74) is 0.832. The van der Waals surface area contributed by atoms with Gasteiger partial charge in [0.2, 0.25) is 0 Å². The Bertz CT molecular complexity index is 336. The van der Waals surface area contributed by atoms with E-state index in [2.05, 4.69) is 11.4 Å². The molecule has 1 fully saturated rings. The van der Waals surface area contributed by atoms with Crippen LogP contribution in [-0.4, -0.2) is 11.1 Å². The van der Waals surface area contributed by atoms with Crippen LogP contribution in [0.5, 0.6) is 0 Å². The van der Waals surface area contributed by atoms with Crippen LogP contribution in [0, 0.1) is 12.3 Å². The number of carboxylic acids is 1. The van der Waals surface area contributed by atoms with Crippen LogP contribution in [0.25, 0.3) is 0 Å². The van der Waals surface area contributed by atoms with Crippen molar-refractivity contribution < 1.29 is 9.90 Å². The Morgan fingerprint density at radius 1 is 1.69 bits per heavy atom. The highest BCUT2D eigenvalue weighted by molar-refractivity contribution is 7.10. The molecule has 2 rings (SSSR count). The summed E-state index contributed by atoms with van der Waals surface area (Å²) in [6, 6.07) is 2.09. The summed E-state index contributed by atoms with van der Waals surface area (Å²) in [5, 5.41) is 11.1. The Labute approximate surface area is 81.2 Å². The van der Waals surface area contributed by atoms with Gasteiger partial charge in [0.1, 0.15) is 0 Å². The molecule has 0 radical (unpaired) electrons. The fourth-order valence-corrected chi connectivity index (χ4v) is 2.55. The molecule has 0 saturated heterocycles. The highest BCUT2D eigenvalue weighted by Gasteiger charge is 2.50. The molecule has 1 aromatic rings. The summed E-state index contributed by atoms with van der Waals surface area (Å²) in [7, 11) is 0. The van der Waals surface area contributed by atoms with Gasteiger partial charge in [0.15, 0.2) is 0 Å². The lowest BCUT2D eigenvalue weighted by molar-refractivity contribution is -0.143. The molecule has 1 saturated carbocycles. The molecule has 0 atom stereocenters. The summed E-state index contributed by atoms with van der Waals surface area (Å²) in [4.78, 5) is 12.1. The monoisotopic (exact) mass is 196 g/mol. The molecule has 13 heavy (non-hydrogen) atoms. The van der Waals surface area contributed by atoms with E-state index < -0.39 is 11.4 Å². The molecule has 0 aliphatic heterocycles. The maximum atomic E-state index is 10.9. The SMILES string of the molecule is Cc1csc(CC2(C(=O)O)CC2)c1. The van der Waals surface area contributed by atoms with E-state index >= 15 is 0 Å². The zero-order chi connectivity index (χ0) is 9.47. The third kappa shape index (κ3) is 1.61. The Hall–Kier alpha value is -0.830. The van der Waals surface area contributed by atoms with E-state index in [0.29, 0.717) is 0 Å². The van der Waals surface area contributed by atoms with Gasteiger partial charge in [0.05, 0.1) is 5.41 Å². The van der Waals surface area contributed by atoms with Gasteiger partial charge in [-0.15, -0.1) is 11.3 Å². The Morgan fingerprint density at radius 3 is 2.77 bits per heavy atom. The third-order valence-electron chi connectivity index (χ3n) is 2.60. The third-order valence-corrected chi connectivity index (χ3v) is 3.66. The van der Waals surface area contributed by atoms with E-state index in [1.165, 1.54) is 10.4 Å². The van der Waals surface area contributed by atoms with Crippen molar-refractivity contribution in [2.75, 3.05) is 0 Å². The highest BCUT2D eigenvalue weighted by atomic mass is 32.1. The van der Waals surface area contributed by atoms with Crippen molar-refractivity contribution in [3.63, 3.8) is 0 Å². The number of thiophene rings is 1. The second-order valence-corrected chi connectivity index (χ2v) is 4.85. The van der Waals surface area contributed by atoms with Crippen molar-refractivity contribution in [2.24, 2.45) is 5.41 Å². The van der Waals surface area contributed by atoms with Crippen molar-refractivity contribution in [1.29, 1.82) is 0 Å². The number of carboxylic acid groups (broad SMARTS) is 1. The number of rotatable bonds is 3. The number of aliphatic carboxylic acids is 1. The van der Waals surface area contributed by atoms with Crippen LogP contribution in [0.3, 0.4) is 0 Å². The van der Waals surface area contributed by atoms with E-state index in [4.69, 9.17) is 5.11 Å². The van der Waals surface area contributed by atoms with Gasteiger partial charge in [-0.3, -0.25) is 4.79 Å². The molecule has 3 heteroatoms. The van der Waals surface area contributed by atoms with Crippen molar-refractivity contribution in [3.05, 3.63) is 21.9 Å². The molecule has 0 amide bonds. The molecule has 0 spiro atoms. The molecule has 1 aliphatic carbocycles. The van der Waals surface area contributed by atoms with E-state index in [-0.39, 0.29) is 0 Å². The maximum Gasteiger partial charge on any atom is 0.309 e. The first-order chi connectivity index (χ1) is 6.12. The average Bonchev–Trinajstić information content (AvgIpc) is 2.72. The van der Waals surface area contributed by atoms with E-state index in [9.17, 15) is 4.79 Å². The van der Waals surface area contributed by atoms with Crippen molar-refractivity contribution >= 4 is 17.3 Å². The Morgan fingerprint density at radius 2 is 2.38 bits per heavy atom. The van der Waals surface area contributed by atoms with Crippen molar-refractivity contribution in [3.8, 4) is 0 Å². The van der Waals surface area contributed by atoms with Crippen LogP contribution in [0.15, 0.2) is 11.4 Å². The molecule has 1 aromatic heterocycles. The largest absolute Gasteiger partial charge is 0.481 e. The van der Waals surface area contributed by atoms with Crippen LogP contribution < -0.4 is 0 Å². The number of hydrogen-bond acceptors (Lipinski definition) is 2. The fraction of sp³-hybridized carbons (Fsp3) is 0.500. The Balaban J connectivity index is 2.10. The normalized spacial score (nSPS) is 18.5. The first-order valence-electron chi connectivity index (χ1n) is 4.40. The minimum absolute atomic E-state index is 0.405. The Kier molecular flexibility index (Phi) is 1.91. The van der Waals surface area contributed by atoms with Gasteiger partial charge in [-0.1, -0.05) is 0 Å². The van der Waals surface area contributed by atoms with Crippen LogP contribution >= 0.6 is 11.3 Å². The van der Waals surface area contributed by atoms with Gasteiger partial charge < -0.3 is 5.11 Å². The summed E-state index contributed by atoms with van der Waals surface area (Å²) < 4.78 is 0. The van der Waals surface area contributed by atoms with Gasteiger partial charge >= 0.3 is 5.97 Å². The molecule has 0 aromatic carbocycles. The molecule has 0 unspecified atom stereocenters. The quantitative estimate of drug-likeness (QED) is 0.806. The lowest BCUT2D eigenvalue weighted by atomic mass is 10.0. The smallest absolute Gasteiger partial charge is 0.309 e. The number of carbonyl (C=O) groups is 1. The summed E-state index contributed by atoms with van der Waals surface area (Å²) in [5.74, 6) is -0.626. The predicted octanol–water partition coefficient (Wildman–Crippen LogP) is 2.46. The average molecular weight is 196 g/mol. The standard InChI is InChI=1S/C10H12O2S/c1-7-4-8(13-6-7)5-10(2-3-10)9(11)12/h4,6H,2-3,5H2,1H3,(H,11,12). The number of hydrogen-bond donors (Lipinski definition) is 1. The van der Waals surface area contributed by atoms with Gasteiger partial charge in [-0.05, 0) is 43.2 Å². The van der Waals surface area contributed by atoms with Crippen LogP contribution in [-0.2, 0) is 11.2 Å². The minimum Gasteiger partial charge on any atom is -0.481 e. The second-order valence-electron chi connectivity index (χ2n) is 3.85. The molecular weight excluding hydrogens is 184 g/mol. The van der Waals surface area contributed by atoms with E-state index in [1.807, 2.05) is 6.92 Å². The molecule has 1 heterocycles. The molecule has 70 valence electrons. The topological polar surface area (TPSA) is 37.3 Å². The first-order valence-corrected chi connectivity index (χ1v) is 5.28. The maximum absolute atomic E-state index is 10.9. The zero-order valence-corrected chi connectivity index (χ0v) is 8.36. The zero-order valence-electron chi connectivity index (χ0n) is 7.54. The summed E-state index contributed by atoms with van der Waals surface area (Å²) in [6.07, 6.45) is 2.42. The molecule has 1 N–H and O–H groups in total. The van der Waals surface area contributed by atoms with E-state index in [0.717, 1.165) is 19.3 Å². The van der Waals surface area contributed by atoms with Crippen LogP contribution in [0.1, 0.15) is 23.3 Å². The van der Waals surface area contributed by atoms with Gasteiger partial charge in [-0.25, -0.2) is 0 Å². The fourth-order valence-electron chi connectivity index (χ4n) is 1.53. The first kappa shape index (κ1) is 8.75. The van der Waals surface area contributed by atoms with Gasteiger partial charge in [-0.2, -0.15) is 0 Å². The molecule has 2 nitrogen and oxygen atoms in total. The van der Waals surface area contributed by atoms with Crippen LogP contribution in [0.4, 0.5) is 0 Å². The van der Waals surface area contributed by atoms with Gasteiger partial charge in [0, 0.05) is 4.88 Å². The van der Waals surface area contributed by atoms with Crippen molar-refractivity contribution in [1.82, 2.24) is 0 Å². The lowest BCUT2D eigenvalue weighted by Gasteiger charge is -2.06. The minimum atomic E-state index is -0.626. The van der Waals surface area contributed by atoms with Crippen LogP contribution in [0.2, 0.25) is 0 Å². The summed E-state index contributed by atoms with van der Waals surface area (Å²) >= 11 is 1.67. The summed E-state index contributed by atoms with van der Waals surface area (Å²) in [6.45, 7) is 2.04. The van der Waals surface area contributed by atoms with Gasteiger partial charge in [0.25, 0.3) is 0 Å². The second kappa shape index (κ2) is 2.84. The molecular formula is C10H12O2S. The van der Waals surface area contributed by atoms with Crippen molar-refractivity contribution in [2.45, 2.75) is 26.2 Å². The number of aryl methyl sites for hydroxylation is 1. The predicted molar refractivity (Wildman–Crippen MR) is 52.1 cm³/mol.